The van der Waals surface area contributed by atoms with Crippen molar-refractivity contribution in [2.45, 2.75) is 79.1 Å². The Labute approximate surface area is 465 Å². The van der Waals surface area contributed by atoms with Crippen LogP contribution >= 0.6 is 0 Å². The zero-order valence-electron chi connectivity index (χ0n) is 45.3. The van der Waals surface area contributed by atoms with Gasteiger partial charge in [-0.2, -0.15) is 0 Å². The van der Waals surface area contributed by atoms with E-state index in [4.69, 9.17) is 28.9 Å². The van der Waals surface area contributed by atoms with Crippen LogP contribution in [0, 0.1) is 0 Å². The Balaban J connectivity index is 1.41. The van der Waals surface area contributed by atoms with Crippen molar-refractivity contribution in [2.75, 3.05) is 0 Å². The zero-order chi connectivity index (χ0) is 55.8. The average molecular weight is 1060 g/mol. The minimum Gasteiger partial charge on any atom is -0.423 e. The maximum Gasteiger partial charge on any atom is 0.335 e. The van der Waals surface area contributed by atoms with Crippen molar-refractivity contribution in [3.63, 3.8) is 0 Å². The van der Waals surface area contributed by atoms with E-state index in [0.29, 0.717) is 138 Å². The van der Waals surface area contributed by atoms with Gasteiger partial charge in [0, 0.05) is 90.9 Å². The smallest absolute Gasteiger partial charge is 0.335 e. The number of H-pyrrole nitrogens is 2. The summed E-state index contributed by atoms with van der Waals surface area (Å²) in [6, 6.07) is 37.0. The fourth-order valence-electron chi connectivity index (χ4n) is 9.34. The van der Waals surface area contributed by atoms with Crippen molar-refractivity contribution < 1.29 is 38.1 Å². The number of para-hydroxylation sites is 4. The zero-order valence-corrected chi connectivity index (χ0v) is 45.3. The lowest BCUT2D eigenvalue weighted by atomic mass is 10.0. The molecule has 12 heteroatoms. The van der Waals surface area contributed by atoms with Gasteiger partial charge in [-0.15, -0.1) is 0 Å². The van der Waals surface area contributed by atoms with Crippen LogP contribution in [0.1, 0.15) is 102 Å². The minimum absolute atomic E-state index is 0.307. The molecule has 0 aliphatic carbocycles. The number of hydrogen-bond donors (Lipinski definition) is 2. The van der Waals surface area contributed by atoms with Crippen LogP contribution in [0.4, 0.5) is 0 Å². The molecule has 8 bridgehead atoms. The van der Waals surface area contributed by atoms with Crippen molar-refractivity contribution in [1.29, 1.82) is 0 Å². The molecule has 0 fully saturated rings. The average Bonchev–Trinajstić information content (AvgIpc) is 4.37. The molecule has 0 saturated carbocycles. The molecule has 0 spiro atoms. The number of rotatable bonds is 20. The lowest BCUT2D eigenvalue weighted by Crippen LogP contribution is -2.05. The second-order valence-corrected chi connectivity index (χ2v) is 18.9. The van der Waals surface area contributed by atoms with Crippen molar-refractivity contribution in [2.24, 2.45) is 0 Å². The number of unbranched alkanes of at least 4 members (excludes halogenated alkanes) is 4. The van der Waals surface area contributed by atoms with Gasteiger partial charge >= 0.3 is 23.9 Å². The van der Waals surface area contributed by atoms with Crippen LogP contribution in [-0.4, -0.2) is 43.8 Å². The molecule has 5 heterocycles. The fourth-order valence-corrected chi connectivity index (χ4v) is 9.34. The molecule has 2 N–H and O–H groups in total. The van der Waals surface area contributed by atoms with E-state index in [1.807, 2.05) is 149 Å². The van der Waals surface area contributed by atoms with E-state index in [2.05, 4.69) is 9.97 Å². The summed E-state index contributed by atoms with van der Waals surface area (Å²) in [5, 5.41) is 0. The van der Waals surface area contributed by atoms with Crippen molar-refractivity contribution in [3.05, 3.63) is 193 Å². The normalized spacial score (nSPS) is 12.1. The predicted octanol–water partition coefficient (Wildman–Crippen LogP) is 16.4. The Morgan fingerprint density at radius 3 is 0.800 bits per heavy atom. The van der Waals surface area contributed by atoms with Crippen LogP contribution in [0.25, 0.3) is 90.9 Å². The number of benzene rings is 4. The summed E-state index contributed by atoms with van der Waals surface area (Å²) in [5.74, 6) is -0.876. The molecular formula is C68H62N4O8. The highest BCUT2D eigenvalue weighted by atomic mass is 16.5. The molecular weight excluding hydrogens is 1000 g/mol. The Morgan fingerprint density at radius 2 is 0.575 bits per heavy atom. The molecule has 4 aromatic carbocycles. The summed E-state index contributed by atoms with van der Waals surface area (Å²) in [5.41, 5.74) is 9.21. The Bertz CT molecular complexity index is 3340. The maximum atomic E-state index is 13.5. The van der Waals surface area contributed by atoms with Crippen LogP contribution in [0.3, 0.4) is 0 Å². The van der Waals surface area contributed by atoms with E-state index in [0.717, 1.165) is 25.7 Å². The molecule has 0 atom stereocenters. The molecule has 0 unspecified atom stereocenters. The molecule has 402 valence electrons. The molecule has 2 aliphatic rings. The first-order valence-corrected chi connectivity index (χ1v) is 27.2. The van der Waals surface area contributed by atoms with E-state index < -0.39 is 23.9 Å². The summed E-state index contributed by atoms with van der Waals surface area (Å²) in [6.45, 7) is 8.15. The number of aromatic amines is 2. The highest BCUT2D eigenvalue weighted by Gasteiger charge is 2.24. The summed E-state index contributed by atoms with van der Waals surface area (Å²) >= 11 is 0. The van der Waals surface area contributed by atoms with Gasteiger partial charge < -0.3 is 28.9 Å². The summed E-state index contributed by atoms with van der Waals surface area (Å²) in [4.78, 5) is 72.1. The van der Waals surface area contributed by atoms with Gasteiger partial charge in [-0.3, -0.25) is 0 Å². The van der Waals surface area contributed by atoms with Gasteiger partial charge in [0.2, 0.25) is 0 Å². The quantitative estimate of drug-likeness (QED) is 0.0427. The lowest BCUT2D eigenvalue weighted by molar-refractivity contribution is -0.129. The van der Waals surface area contributed by atoms with Gasteiger partial charge in [0.1, 0.15) is 23.0 Å². The second kappa shape index (κ2) is 26.6. The molecule has 7 aromatic rings. The molecule has 12 nitrogen and oxygen atoms in total. The van der Waals surface area contributed by atoms with Crippen molar-refractivity contribution >= 4 is 70.2 Å². The summed E-state index contributed by atoms with van der Waals surface area (Å²) in [6.07, 6.45) is 26.9. The second-order valence-electron chi connectivity index (χ2n) is 18.9. The largest absolute Gasteiger partial charge is 0.423 e. The Morgan fingerprint density at radius 1 is 0.350 bits per heavy atom. The van der Waals surface area contributed by atoms with Crippen LogP contribution in [0.5, 0.6) is 23.0 Å². The van der Waals surface area contributed by atoms with Gasteiger partial charge in [0.15, 0.2) is 0 Å². The van der Waals surface area contributed by atoms with E-state index in [1.165, 1.54) is 24.3 Å². The number of hydrogen-bond acceptors (Lipinski definition) is 10. The first-order valence-electron chi connectivity index (χ1n) is 27.2. The van der Waals surface area contributed by atoms with E-state index >= 15 is 0 Å². The number of carbonyl (C=O) groups excluding carboxylic acids is 4. The predicted molar refractivity (Wildman–Crippen MR) is 319 cm³/mol. The Hall–Kier alpha value is -9.68. The molecule has 0 saturated heterocycles. The molecule has 9 rings (SSSR count). The van der Waals surface area contributed by atoms with Crippen LogP contribution in [0.15, 0.2) is 170 Å². The van der Waals surface area contributed by atoms with Crippen molar-refractivity contribution in [1.82, 2.24) is 19.9 Å². The van der Waals surface area contributed by atoms with E-state index in [-0.39, 0.29) is 0 Å². The number of nitrogens with zero attached hydrogens (tertiary/aromatic N) is 2. The number of allylic oxidation sites excluding steroid dienone is 4. The third kappa shape index (κ3) is 13.0. The topological polar surface area (TPSA) is 163 Å². The number of fused-ring (bicyclic) bond motifs is 8. The monoisotopic (exact) mass is 1060 g/mol. The van der Waals surface area contributed by atoms with Crippen molar-refractivity contribution in [3.8, 4) is 67.5 Å². The van der Waals surface area contributed by atoms with Gasteiger partial charge in [-0.05, 0) is 98.5 Å². The molecule has 3 aromatic heterocycles. The molecule has 0 amide bonds. The Kier molecular flexibility index (Phi) is 18.3. The molecule has 2 aliphatic heterocycles. The van der Waals surface area contributed by atoms with Crippen LogP contribution in [-0.2, 0) is 19.2 Å². The van der Waals surface area contributed by atoms with Gasteiger partial charge in [-0.25, -0.2) is 29.1 Å². The molecule has 0 radical (unpaired) electrons. The highest BCUT2D eigenvalue weighted by Crippen LogP contribution is 2.44. The minimum atomic E-state index is -0.526. The van der Waals surface area contributed by atoms with Crippen LogP contribution in [0.2, 0.25) is 0 Å². The van der Waals surface area contributed by atoms with Gasteiger partial charge in [-0.1, -0.05) is 150 Å². The fraction of sp³-hybridized carbons (Fsp3) is 0.176. The number of nitrogens with one attached hydrogen (secondary N) is 2. The van der Waals surface area contributed by atoms with E-state index in [9.17, 15) is 19.2 Å². The third-order valence-corrected chi connectivity index (χ3v) is 13.1. The first kappa shape index (κ1) is 55.1. The standard InChI is InChI=1S/C68H62N4O8/c1-5-9-13-33-61(73)77-57-29-21-17-25-45(57)65-49-37-39-51(69-49)66(46-26-18-22-30-58(46)78-62(74)34-14-10-6-2)53-41-43-55(71-53)68(48-28-20-24-32-60(48)80-64(76)36-16-12-8-4)56-44-42-54(72-56)67(52-40-38-50(65)70-52)47-27-19-23-31-59(47)79-63(75)35-15-11-7-3/h13-44,69,72H,5-12H2,1-4H3. The molecule has 80 heavy (non-hydrogen) atoms. The SMILES string of the molecule is CCCC=CC(=O)Oc1ccccc1-c1c2nc(c(-c3ccccc3OC(=O)C=CCCC)c3ccc([nH]3)c(-c3ccccc3OC(=O)C=CCCC)c3nc(c(-c4ccccc4OC(=O)C=CCCC)c4ccc1[nH]4)C=C3)C=C2. The number of carbonyl (C=O) groups is 4. The van der Waals surface area contributed by atoms with E-state index in [1.54, 1.807) is 48.6 Å². The third-order valence-electron chi connectivity index (χ3n) is 13.1. The maximum absolute atomic E-state index is 13.5. The lowest BCUT2D eigenvalue weighted by Gasteiger charge is -2.12. The first-order chi connectivity index (χ1) is 39.2. The van der Waals surface area contributed by atoms with Crippen LogP contribution < -0.4 is 18.9 Å². The van der Waals surface area contributed by atoms with Gasteiger partial charge in [0.05, 0.1) is 22.8 Å². The number of aromatic nitrogens is 4. The van der Waals surface area contributed by atoms with Gasteiger partial charge in [0.25, 0.3) is 0 Å². The number of ether oxygens (including phenoxy) is 4. The summed E-state index contributed by atoms with van der Waals surface area (Å²) < 4.78 is 24.5. The summed E-state index contributed by atoms with van der Waals surface area (Å²) in [7, 11) is 0. The number of esters is 4. The highest BCUT2D eigenvalue weighted by molar-refractivity contribution is 6.03.